The molecule has 9 nitrogen and oxygen atoms in total. The first-order chi connectivity index (χ1) is 16.1. The number of hydrogen-bond acceptors (Lipinski definition) is 6. The number of anilines is 1. The van der Waals surface area contributed by atoms with Gasteiger partial charge in [-0.3, -0.25) is 9.13 Å². The molecule has 4 aromatic heterocycles. The number of rotatable bonds is 4. The zero-order chi connectivity index (χ0) is 24.2. The van der Waals surface area contributed by atoms with Crippen molar-refractivity contribution in [2.45, 2.75) is 19.3 Å². The number of nitrogen functional groups attached to an aromatic ring is 1. The second-order valence-electron chi connectivity index (χ2n) is 7.62. The minimum atomic E-state index is -4.66. The molecule has 4 heterocycles. The van der Waals surface area contributed by atoms with E-state index in [-0.39, 0.29) is 35.0 Å². The Balaban J connectivity index is 1.72. The molecule has 0 aliphatic rings. The monoisotopic (exact) mass is 472 g/mol. The van der Waals surface area contributed by atoms with E-state index in [9.17, 15) is 22.4 Å². The number of hydrogen-bond donors (Lipinski definition) is 1. The van der Waals surface area contributed by atoms with E-state index in [2.05, 4.69) is 20.1 Å². The average molecular weight is 472 g/mol. The minimum Gasteiger partial charge on any atom is -0.382 e. The molecule has 0 spiro atoms. The lowest BCUT2D eigenvalue weighted by atomic mass is 10.2. The van der Waals surface area contributed by atoms with Crippen molar-refractivity contribution in [2.75, 3.05) is 5.73 Å². The SMILES string of the molecule is Cn1c(=O)n(CC(F)(F)F)c2nc(-c3nn(Cc4ccccc4F)c4ncccc34)nc(N)c21. The molecule has 5 aromatic rings. The third-order valence-electron chi connectivity index (χ3n) is 5.34. The fraction of sp³-hybridized carbons (Fsp3) is 0.190. The van der Waals surface area contributed by atoms with Crippen LogP contribution >= 0.6 is 0 Å². The fourth-order valence-corrected chi connectivity index (χ4v) is 3.84. The van der Waals surface area contributed by atoms with Crippen LogP contribution in [0.4, 0.5) is 23.4 Å². The van der Waals surface area contributed by atoms with Gasteiger partial charge in [0.05, 0.1) is 11.9 Å². The maximum Gasteiger partial charge on any atom is 0.406 e. The number of fused-ring (bicyclic) bond motifs is 2. The van der Waals surface area contributed by atoms with E-state index < -0.39 is 24.2 Å². The van der Waals surface area contributed by atoms with Gasteiger partial charge in [-0.1, -0.05) is 18.2 Å². The van der Waals surface area contributed by atoms with Crippen LogP contribution < -0.4 is 11.4 Å². The summed E-state index contributed by atoms with van der Waals surface area (Å²) >= 11 is 0. The van der Waals surface area contributed by atoms with Crippen LogP contribution in [0.2, 0.25) is 0 Å². The van der Waals surface area contributed by atoms with Crippen LogP contribution in [0.25, 0.3) is 33.7 Å². The molecule has 5 rings (SSSR count). The van der Waals surface area contributed by atoms with Crippen molar-refractivity contribution in [2.24, 2.45) is 7.05 Å². The van der Waals surface area contributed by atoms with Crippen LogP contribution in [-0.2, 0) is 20.1 Å². The van der Waals surface area contributed by atoms with Gasteiger partial charge in [0, 0.05) is 18.8 Å². The highest BCUT2D eigenvalue weighted by atomic mass is 19.4. The van der Waals surface area contributed by atoms with Crippen molar-refractivity contribution in [3.63, 3.8) is 0 Å². The van der Waals surface area contributed by atoms with Crippen LogP contribution in [0.1, 0.15) is 5.56 Å². The summed E-state index contributed by atoms with van der Waals surface area (Å²) in [7, 11) is 1.29. The highest BCUT2D eigenvalue weighted by Gasteiger charge is 2.32. The van der Waals surface area contributed by atoms with E-state index in [4.69, 9.17) is 5.73 Å². The Labute approximate surface area is 188 Å². The first-order valence-corrected chi connectivity index (χ1v) is 9.99. The summed E-state index contributed by atoms with van der Waals surface area (Å²) in [4.78, 5) is 25.2. The molecule has 0 bridgehead atoms. The topological polar surface area (TPSA) is 109 Å². The van der Waals surface area contributed by atoms with Gasteiger partial charge in [-0.25, -0.2) is 28.8 Å². The zero-order valence-corrected chi connectivity index (χ0v) is 17.6. The maximum atomic E-state index is 14.2. The van der Waals surface area contributed by atoms with Gasteiger partial charge >= 0.3 is 11.9 Å². The quantitative estimate of drug-likeness (QED) is 0.403. The molecule has 0 atom stereocenters. The molecule has 0 saturated heterocycles. The largest absolute Gasteiger partial charge is 0.406 e. The first kappa shape index (κ1) is 21.6. The molecule has 0 radical (unpaired) electrons. The number of alkyl halides is 3. The third kappa shape index (κ3) is 3.54. The molecule has 174 valence electrons. The van der Waals surface area contributed by atoms with Crippen LogP contribution in [0.15, 0.2) is 47.4 Å². The van der Waals surface area contributed by atoms with Crippen LogP contribution in [0, 0.1) is 5.82 Å². The van der Waals surface area contributed by atoms with Gasteiger partial charge in [0.1, 0.15) is 23.6 Å². The number of imidazole rings is 1. The standard InChI is InChI=1S/C21H16F4N8O/c1-31-15-16(26)28-17(29-19(15)32(20(31)34)10-21(23,24)25)14-12-6-4-8-27-18(12)33(30-14)9-11-5-2-3-7-13(11)22/h2-8H,9-10H2,1H3,(H2,26,28,29). The van der Waals surface area contributed by atoms with E-state index in [1.165, 1.54) is 24.0 Å². The molecule has 0 aliphatic carbocycles. The number of nitrogens with two attached hydrogens (primary N) is 1. The Morgan fingerprint density at radius 2 is 1.82 bits per heavy atom. The van der Waals surface area contributed by atoms with Gasteiger partial charge in [0.2, 0.25) is 0 Å². The van der Waals surface area contributed by atoms with Crippen molar-refractivity contribution < 1.29 is 17.6 Å². The van der Waals surface area contributed by atoms with Gasteiger partial charge in [0.25, 0.3) is 0 Å². The van der Waals surface area contributed by atoms with Crippen molar-refractivity contribution >= 4 is 28.0 Å². The molecule has 0 fully saturated rings. The number of nitrogens with zero attached hydrogens (tertiary/aromatic N) is 7. The molecule has 0 saturated carbocycles. The van der Waals surface area contributed by atoms with Gasteiger partial charge < -0.3 is 5.73 Å². The Kier molecular flexibility index (Phi) is 4.84. The average Bonchev–Trinajstić information content (AvgIpc) is 3.26. The predicted octanol–water partition coefficient (Wildman–Crippen LogP) is 2.87. The number of aromatic nitrogens is 7. The summed E-state index contributed by atoms with van der Waals surface area (Å²) < 4.78 is 56.5. The third-order valence-corrected chi connectivity index (χ3v) is 5.34. The van der Waals surface area contributed by atoms with E-state index in [1.54, 1.807) is 30.3 Å². The molecule has 0 amide bonds. The van der Waals surface area contributed by atoms with Crippen molar-refractivity contribution in [3.8, 4) is 11.5 Å². The molecule has 1 aromatic carbocycles. The highest BCUT2D eigenvalue weighted by Crippen LogP contribution is 2.29. The molecule has 0 unspecified atom stereocenters. The maximum absolute atomic E-state index is 14.2. The van der Waals surface area contributed by atoms with E-state index in [0.717, 1.165) is 4.57 Å². The second kappa shape index (κ2) is 7.64. The summed E-state index contributed by atoms with van der Waals surface area (Å²) in [5.41, 5.74) is 5.75. The summed E-state index contributed by atoms with van der Waals surface area (Å²) in [5, 5.41) is 4.95. The summed E-state index contributed by atoms with van der Waals surface area (Å²) in [6.45, 7) is -1.49. The van der Waals surface area contributed by atoms with Gasteiger partial charge in [-0.05, 0) is 18.2 Å². The molecule has 2 N–H and O–H groups in total. The molecule has 13 heteroatoms. The lowest BCUT2D eigenvalue weighted by molar-refractivity contribution is -0.140. The highest BCUT2D eigenvalue weighted by molar-refractivity contribution is 5.92. The normalized spacial score (nSPS) is 12.1. The number of benzene rings is 1. The molecular weight excluding hydrogens is 456 g/mol. The first-order valence-electron chi connectivity index (χ1n) is 9.99. The van der Waals surface area contributed by atoms with Crippen LogP contribution in [-0.4, -0.2) is 40.0 Å². The Hall–Kier alpha value is -4.29. The Bertz CT molecular complexity index is 1620. The number of pyridine rings is 1. The zero-order valence-electron chi connectivity index (χ0n) is 17.6. The smallest absolute Gasteiger partial charge is 0.382 e. The van der Waals surface area contributed by atoms with E-state index in [0.29, 0.717) is 21.2 Å². The molecule has 34 heavy (non-hydrogen) atoms. The summed E-state index contributed by atoms with van der Waals surface area (Å²) in [6, 6.07) is 9.50. The van der Waals surface area contributed by atoms with Crippen LogP contribution in [0.5, 0.6) is 0 Å². The van der Waals surface area contributed by atoms with Crippen molar-refractivity contribution in [3.05, 3.63) is 64.5 Å². The second-order valence-corrected chi connectivity index (χ2v) is 7.62. The predicted molar refractivity (Wildman–Crippen MR) is 115 cm³/mol. The number of aryl methyl sites for hydroxylation is 1. The van der Waals surface area contributed by atoms with E-state index >= 15 is 0 Å². The van der Waals surface area contributed by atoms with Gasteiger partial charge in [-0.2, -0.15) is 18.3 Å². The van der Waals surface area contributed by atoms with Gasteiger partial charge in [-0.15, -0.1) is 0 Å². The van der Waals surface area contributed by atoms with Crippen LogP contribution in [0.3, 0.4) is 0 Å². The van der Waals surface area contributed by atoms with E-state index in [1.807, 2.05) is 0 Å². The summed E-state index contributed by atoms with van der Waals surface area (Å²) in [5.74, 6) is -0.691. The van der Waals surface area contributed by atoms with Gasteiger partial charge in [0.15, 0.2) is 22.9 Å². The fourth-order valence-electron chi connectivity index (χ4n) is 3.84. The number of halogens is 4. The molecular formula is C21H16F4N8O. The van der Waals surface area contributed by atoms with Crippen molar-refractivity contribution in [1.82, 2.24) is 33.9 Å². The molecule has 0 aliphatic heterocycles. The van der Waals surface area contributed by atoms with Crippen molar-refractivity contribution in [1.29, 1.82) is 0 Å². The minimum absolute atomic E-state index is 0.0220. The lowest BCUT2D eigenvalue weighted by Gasteiger charge is -2.07. The Morgan fingerprint density at radius 3 is 2.56 bits per heavy atom. The Morgan fingerprint density at radius 1 is 1.06 bits per heavy atom. The lowest BCUT2D eigenvalue weighted by Crippen LogP contribution is -2.29. The summed E-state index contributed by atoms with van der Waals surface area (Å²) in [6.07, 6.45) is -3.13.